The van der Waals surface area contributed by atoms with Crippen LogP contribution in [-0.2, 0) is 5.75 Å². The quantitative estimate of drug-likeness (QED) is 0.660. The van der Waals surface area contributed by atoms with E-state index in [1.807, 2.05) is 42.5 Å². The number of hydrogen-bond donors (Lipinski definition) is 1. The number of rotatable bonds is 4. The van der Waals surface area contributed by atoms with Crippen molar-refractivity contribution < 1.29 is 4.74 Å². The highest BCUT2D eigenvalue weighted by Gasteiger charge is 2.02. The van der Waals surface area contributed by atoms with Crippen LogP contribution in [0.5, 0.6) is 5.75 Å². The molecule has 0 atom stereocenters. The minimum atomic E-state index is 0.798. The molecular formula is C14H15NOS. The van der Waals surface area contributed by atoms with Crippen molar-refractivity contribution in [1.82, 2.24) is 0 Å². The third-order valence-corrected chi connectivity index (χ3v) is 3.53. The summed E-state index contributed by atoms with van der Waals surface area (Å²) in [7, 11) is 1.70. The smallest absolute Gasteiger partial charge is 0.122 e. The molecule has 2 rings (SSSR count). The lowest BCUT2D eigenvalue weighted by Gasteiger charge is -2.07. The number of benzene rings is 2. The molecule has 2 aromatic carbocycles. The second-order valence-corrected chi connectivity index (χ2v) is 4.72. The SMILES string of the molecule is COc1ccccc1CSc1ccc(N)cc1. The zero-order chi connectivity index (χ0) is 12.1. The average molecular weight is 245 g/mol. The van der Waals surface area contributed by atoms with E-state index in [1.165, 1.54) is 10.5 Å². The zero-order valence-corrected chi connectivity index (χ0v) is 10.5. The fourth-order valence-corrected chi connectivity index (χ4v) is 2.44. The van der Waals surface area contributed by atoms with Crippen LogP contribution in [0.4, 0.5) is 5.69 Å². The van der Waals surface area contributed by atoms with Gasteiger partial charge in [-0.25, -0.2) is 0 Å². The van der Waals surface area contributed by atoms with Gasteiger partial charge in [0.2, 0.25) is 0 Å². The number of nitrogens with two attached hydrogens (primary N) is 1. The molecule has 0 aliphatic heterocycles. The first-order chi connectivity index (χ1) is 8.29. The summed E-state index contributed by atoms with van der Waals surface area (Å²) in [6, 6.07) is 16.0. The van der Waals surface area contributed by atoms with Crippen LogP contribution in [-0.4, -0.2) is 7.11 Å². The lowest BCUT2D eigenvalue weighted by atomic mass is 10.2. The van der Waals surface area contributed by atoms with Crippen molar-refractivity contribution in [3.05, 3.63) is 54.1 Å². The number of ether oxygens (including phenoxy) is 1. The van der Waals surface area contributed by atoms with Gasteiger partial charge in [-0.3, -0.25) is 0 Å². The van der Waals surface area contributed by atoms with Gasteiger partial charge in [-0.2, -0.15) is 0 Å². The third-order valence-electron chi connectivity index (χ3n) is 2.47. The van der Waals surface area contributed by atoms with Crippen molar-refractivity contribution in [3.63, 3.8) is 0 Å². The Bertz CT molecular complexity index is 482. The molecule has 0 aliphatic rings. The summed E-state index contributed by atoms with van der Waals surface area (Å²) in [5.74, 6) is 1.84. The summed E-state index contributed by atoms with van der Waals surface area (Å²) >= 11 is 1.78. The molecule has 17 heavy (non-hydrogen) atoms. The molecule has 0 heterocycles. The minimum Gasteiger partial charge on any atom is -0.496 e. The van der Waals surface area contributed by atoms with E-state index in [1.54, 1.807) is 18.9 Å². The van der Waals surface area contributed by atoms with Gasteiger partial charge in [0, 0.05) is 21.9 Å². The molecule has 2 N–H and O–H groups in total. The van der Waals surface area contributed by atoms with Crippen LogP contribution in [0.15, 0.2) is 53.4 Å². The maximum absolute atomic E-state index is 5.65. The molecule has 2 nitrogen and oxygen atoms in total. The highest BCUT2D eigenvalue weighted by molar-refractivity contribution is 7.98. The molecule has 0 bridgehead atoms. The average Bonchev–Trinajstić information content (AvgIpc) is 2.38. The molecule has 0 amide bonds. The van der Waals surface area contributed by atoms with Crippen LogP contribution in [0.3, 0.4) is 0 Å². The van der Waals surface area contributed by atoms with Crippen molar-refractivity contribution in [1.29, 1.82) is 0 Å². The molecule has 2 aromatic rings. The second kappa shape index (κ2) is 5.64. The fourth-order valence-electron chi connectivity index (χ4n) is 1.55. The normalized spacial score (nSPS) is 10.2. The Morgan fingerprint density at radius 2 is 1.76 bits per heavy atom. The molecule has 0 aromatic heterocycles. The first-order valence-corrected chi connectivity index (χ1v) is 6.38. The number of thioether (sulfide) groups is 1. The number of methoxy groups -OCH3 is 1. The van der Waals surface area contributed by atoms with E-state index in [0.29, 0.717) is 0 Å². The van der Waals surface area contributed by atoms with Crippen LogP contribution >= 0.6 is 11.8 Å². The monoisotopic (exact) mass is 245 g/mol. The van der Waals surface area contributed by atoms with Gasteiger partial charge in [-0.05, 0) is 30.3 Å². The summed E-state index contributed by atoms with van der Waals surface area (Å²) < 4.78 is 5.32. The topological polar surface area (TPSA) is 35.2 Å². The molecule has 0 fully saturated rings. The number of hydrogen-bond acceptors (Lipinski definition) is 3. The van der Waals surface area contributed by atoms with E-state index < -0.39 is 0 Å². The molecule has 0 spiro atoms. The number of para-hydroxylation sites is 1. The molecule has 0 saturated carbocycles. The van der Waals surface area contributed by atoms with Gasteiger partial charge in [-0.15, -0.1) is 11.8 Å². The van der Waals surface area contributed by atoms with E-state index >= 15 is 0 Å². The molecule has 0 unspecified atom stereocenters. The summed E-state index contributed by atoms with van der Waals surface area (Å²) in [6.45, 7) is 0. The van der Waals surface area contributed by atoms with Crippen molar-refractivity contribution in [2.75, 3.05) is 12.8 Å². The predicted octanol–water partition coefficient (Wildman–Crippen LogP) is 3.57. The van der Waals surface area contributed by atoms with Gasteiger partial charge < -0.3 is 10.5 Å². The van der Waals surface area contributed by atoms with Gasteiger partial charge in [0.1, 0.15) is 5.75 Å². The zero-order valence-electron chi connectivity index (χ0n) is 9.72. The van der Waals surface area contributed by atoms with Gasteiger partial charge in [0.25, 0.3) is 0 Å². The molecule has 0 radical (unpaired) electrons. The maximum Gasteiger partial charge on any atom is 0.122 e. The number of nitrogen functional groups attached to an aromatic ring is 1. The van der Waals surface area contributed by atoms with Gasteiger partial charge in [0.05, 0.1) is 7.11 Å². The van der Waals surface area contributed by atoms with Crippen molar-refractivity contribution in [3.8, 4) is 5.75 Å². The Labute approximate surface area is 106 Å². The Kier molecular flexibility index (Phi) is 3.94. The predicted molar refractivity (Wildman–Crippen MR) is 73.4 cm³/mol. The van der Waals surface area contributed by atoms with E-state index in [2.05, 4.69) is 6.07 Å². The summed E-state index contributed by atoms with van der Waals surface area (Å²) in [5.41, 5.74) is 7.65. The van der Waals surface area contributed by atoms with Crippen LogP contribution in [0.25, 0.3) is 0 Å². The summed E-state index contributed by atoms with van der Waals surface area (Å²) in [4.78, 5) is 1.21. The Morgan fingerprint density at radius 3 is 2.47 bits per heavy atom. The van der Waals surface area contributed by atoms with E-state index in [9.17, 15) is 0 Å². The molecule has 0 saturated heterocycles. The number of anilines is 1. The first-order valence-electron chi connectivity index (χ1n) is 5.40. The lowest BCUT2D eigenvalue weighted by Crippen LogP contribution is -1.89. The van der Waals surface area contributed by atoms with Crippen LogP contribution < -0.4 is 10.5 Å². The van der Waals surface area contributed by atoms with Crippen LogP contribution in [0.2, 0.25) is 0 Å². The summed E-state index contributed by atoms with van der Waals surface area (Å²) in [5, 5.41) is 0. The van der Waals surface area contributed by atoms with E-state index in [0.717, 1.165) is 17.2 Å². The standard InChI is InChI=1S/C14H15NOS/c1-16-14-5-3-2-4-11(14)10-17-13-8-6-12(15)7-9-13/h2-9H,10,15H2,1H3. The second-order valence-electron chi connectivity index (χ2n) is 3.67. The Hall–Kier alpha value is -1.61. The third kappa shape index (κ3) is 3.17. The lowest BCUT2D eigenvalue weighted by molar-refractivity contribution is 0.411. The largest absolute Gasteiger partial charge is 0.496 e. The first kappa shape index (κ1) is 11.9. The molecule has 3 heteroatoms. The Morgan fingerprint density at radius 1 is 1.06 bits per heavy atom. The van der Waals surface area contributed by atoms with Gasteiger partial charge in [0.15, 0.2) is 0 Å². The van der Waals surface area contributed by atoms with Crippen molar-refractivity contribution >= 4 is 17.4 Å². The van der Waals surface area contributed by atoms with Crippen molar-refractivity contribution in [2.24, 2.45) is 0 Å². The van der Waals surface area contributed by atoms with Gasteiger partial charge >= 0.3 is 0 Å². The molecule has 0 aliphatic carbocycles. The highest BCUT2D eigenvalue weighted by atomic mass is 32.2. The molecular weight excluding hydrogens is 230 g/mol. The van der Waals surface area contributed by atoms with Gasteiger partial charge in [-0.1, -0.05) is 18.2 Å². The highest BCUT2D eigenvalue weighted by Crippen LogP contribution is 2.28. The maximum atomic E-state index is 5.65. The van der Waals surface area contributed by atoms with Crippen LogP contribution in [0.1, 0.15) is 5.56 Å². The summed E-state index contributed by atoms with van der Waals surface area (Å²) in [6.07, 6.45) is 0. The Balaban J connectivity index is 2.04. The van der Waals surface area contributed by atoms with E-state index in [4.69, 9.17) is 10.5 Å². The van der Waals surface area contributed by atoms with Crippen molar-refractivity contribution in [2.45, 2.75) is 10.6 Å². The molecule has 88 valence electrons. The fraction of sp³-hybridized carbons (Fsp3) is 0.143. The van der Waals surface area contributed by atoms with E-state index in [-0.39, 0.29) is 0 Å². The minimum absolute atomic E-state index is 0.798. The van der Waals surface area contributed by atoms with Crippen LogP contribution in [0, 0.1) is 0 Å².